The Hall–Kier alpha value is -0.480. The number of nitrogens with zero attached hydrogens (tertiary/aromatic N) is 1. The molecule has 1 saturated heterocycles. The van der Waals surface area contributed by atoms with Crippen LogP contribution in [0, 0.1) is 0 Å². The maximum absolute atomic E-state index is 11.1. The molecule has 2 amide bonds. The van der Waals surface area contributed by atoms with Gasteiger partial charge in [0.15, 0.2) is 0 Å². The standard InChI is InChI=1S/C7H15N3O.ClH/c1-6-5-10(4-3-9-6)7(11)8-2;/h6,9H,3-5H2,1-2H3,(H,8,11);1H. The van der Waals surface area contributed by atoms with Gasteiger partial charge in [-0.15, -0.1) is 12.4 Å². The zero-order chi connectivity index (χ0) is 8.27. The van der Waals surface area contributed by atoms with Gasteiger partial charge in [-0.3, -0.25) is 0 Å². The van der Waals surface area contributed by atoms with Crippen molar-refractivity contribution in [3.63, 3.8) is 0 Å². The number of nitrogens with one attached hydrogen (secondary N) is 2. The number of piperazine rings is 1. The normalized spacial score (nSPS) is 22.8. The molecular weight excluding hydrogens is 178 g/mol. The molecule has 12 heavy (non-hydrogen) atoms. The molecule has 0 aromatic carbocycles. The highest BCUT2D eigenvalue weighted by Crippen LogP contribution is 1.97. The van der Waals surface area contributed by atoms with Crippen molar-refractivity contribution in [3.05, 3.63) is 0 Å². The molecule has 4 nitrogen and oxygen atoms in total. The Bertz CT molecular complexity index is 154. The zero-order valence-corrected chi connectivity index (χ0v) is 8.28. The van der Waals surface area contributed by atoms with Crippen LogP contribution in [0.2, 0.25) is 0 Å². The van der Waals surface area contributed by atoms with Gasteiger partial charge in [0.2, 0.25) is 0 Å². The van der Waals surface area contributed by atoms with Gasteiger partial charge >= 0.3 is 6.03 Å². The van der Waals surface area contributed by atoms with Crippen LogP contribution in [0.3, 0.4) is 0 Å². The maximum atomic E-state index is 11.1. The summed E-state index contributed by atoms with van der Waals surface area (Å²) >= 11 is 0. The number of carbonyl (C=O) groups is 1. The van der Waals surface area contributed by atoms with E-state index in [4.69, 9.17) is 0 Å². The molecule has 1 atom stereocenters. The molecule has 0 radical (unpaired) electrons. The minimum absolute atomic E-state index is 0. The lowest BCUT2D eigenvalue weighted by atomic mass is 10.2. The van der Waals surface area contributed by atoms with Gasteiger partial charge in [0, 0.05) is 32.7 Å². The van der Waals surface area contributed by atoms with Crippen molar-refractivity contribution in [2.45, 2.75) is 13.0 Å². The van der Waals surface area contributed by atoms with Crippen LogP contribution < -0.4 is 10.6 Å². The van der Waals surface area contributed by atoms with Crippen LogP contribution in [0.15, 0.2) is 0 Å². The predicted molar refractivity (Wildman–Crippen MR) is 50.7 cm³/mol. The molecule has 0 spiro atoms. The van der Waals surface area contributed by atoms with E-state index in [1.807, 2.05) is 4.90 Å². The zero-order valence-electron chi connectivity index (χ0n) is 7.46. The van der Waals surface area contributed by atoms with Crippen molar-refractivity contribution < 1.29 is 4.79 Å². The largest absolute Gasteiger partial charge is 0.341 e. The molecule has 5 heteroatoms. The Morgan fingerprint density at radius 1 is 1.67 bits per heavy atom. The highest BCUT2D eigenvalue weighted by atomic mass is 35.5. The van der Waals surface area contributed by atoms with E-state index in [-0.39, 0.29) is 18.4 Å². The van der Waals surface area contributed by atoms with E-state index in [9.17, 15) is 4.79 Å². The topological polar surface area (TPSA) is 44.4 Å². The van der Waals surface area contributed by atoms with Crippen LogP contribution in [-0.2, 0) is 0 Å². The minimum atomic E-state index is 0. The molecule has 0 aromatic rings. The summed E-state index contributed by atoms with van der Waals surface area (Å²) in [5.74, 6) is 0. The Morgan fingerprint density at radius 3 is 2.83 bits per heavy atom. The fourth-order valence-electron chi connectivity index (χ4n) is 1.27. The minimum Gasteiger partial charge on any atom is -0.341 e. The quantitative estimate of drug-likeness (QED) is 0.571. The molecule has 1 heterocycles. The van der Waals surface area contributed by atoms with Crippen molar-refractivity contribution in [1.29, 1.82) is 0 Å². The lowest BCUT2D eigenvalue weighted by Gasteiger charge is -2.31. The molecule has 2 N–H and O–H groups in total. The van der Waals surface area contributed by atoms with Crippen LogP contribution in [0.25, 0.3) is 0 Å². The molecule has 72 valence electrons. The number of rotatable bonds is 0. The highest BCUT2D eigenvalue weighted by Gasteiger charge is 2.18. The molecule has 0 bridgehead atoms. The summed E-state index contributed by atoms with van der Waals surface area (Å²) < 4.78 is 0. The molecule has 1 fully saturated rings. The molecule has 1 aliphatic heterocycles. The number of amides is 2. The first-order chi connectivity index (χ1) is 5.24. The van der Waals surface area contributed by atoms with Gasteiger partial charge in [-0.1, -0.05) is 0 Å². The average molecular weight is 194 g/mol. The SMILES string of the molecule is CNC(=O)N1CCNC(C)C1.Cl. The Kier molecular flexibility index (Phi) is 5.01. The summed E-state index contributed by atoms with van der Waals surface area (Å²) in [6, 6.07) is 0.444. The summed E-state index contributed by atoms with van der Waals surface area (Å²) in [5.41, 5.74) is 0. The van der Waals surface area contributed by atoms with Gasteiger partial charge < -0.3 is 15.5 Å². The molecule has 1 unspecified atom stereocenters. The van der Waals surface area contributed by atoms with E-state index in [2.05, 4.69) is 17.6 Å². The van der Waals surface area contributed by atoms with E-state index in [1.54, 1.807) is 7.05 Å². The van der Waals surface area contributed by atoms with Crippen molar-refractivity contribution in [3.8, 4) is 0 Å². The number of halogens is 1. The predicted octanol–water partition coefficient (Wildman–Crippen LogP) is 0.0413. The van der Waals surface area contributed by atoms with Crippen LogP contribution in [0.5, 0.6) is 0 Å². The van der Waals surface area contributed by atoms with Crippen LogP contribution >= 0.6 is 12.4 Å². The Labute approximate surface area is 79.1 Å². The van der Waals surface area contributed by atoms with E-state index in [0.29, 0.717) is 6.04 Å². The monoisotopic (exact) mass is 193 g/mol. The first-order valence-electron chi connectivity index (χ1n) is 3.94. The third-order valence-electron chi connectivity index (χ3n) is 1.87. The van der Waals surface area contributed by atoms with Gasteiger partial charge in [-0.05, 0) is 6.92 Å². The maximum Gasteiger partial charge on any atom is 0.317 e. The van der Waals surface area contributed by atoms with Gasteiger partial charge in [-0.2, -0.15) is 0 Å². The first-order valence-corrected chi connectivity index (χ1v) is 3.94. The second-order valence-corrected chi connectivity index (χ2v) is 2.86. The number of hydrogen-bond acceptors (Lipinski definition) is 2. The van der Waals surface area contributed by atoms with Gasteiger partial charge in [0.1, 0.15) is 0 Å². The molecule has 0 saturated carbocycles. The van der Waals surface area contributed by atoms with E-state index < -0.39 is 0 Å². The molecular formula is C7H16ClN3O. The first kappa shape index (κ1) is 11.5. The van der Waals surface area contributed by atoms with Crippen molar-refractivity contribution in [2.75, 3.05) is 26.7 Å². The lowest BCUT2D eigenvalue weighted by Crippen LogP contribution is -2.53. The number of urea groups is 1. The van der Waals surface area contributed by atoms with Gasteiger partial charge in [0.25, 0.3) is 0 Å². The van der Waals surface area contributed by atoms with E-state index >= 15 is 0 Å². The summed E-state index contributed by atoms with van der Waals surface area (Å²) in [4.78, 5) is 12.9. The molecule has 0 aliphatic carbocycles. The summed E-state index contributed by atoms with van der Waals surface area (Å²) in [6.07, 6.45) is 0. The lowest BCUT2D eigenvalue weighted by molar-refractivity contribution is 0.181. The Balaban J connectivity index is 0.00000121. The highest BCUT2D eigenvalue weighted by molar-refractivity contribution is 5.85. The summed E-state index contributed by atoms with van der Waals surface area (Å²) in [7, 11) is 1.66. The molecule has 0 aromatic heterocycles. The van der Waals surface area contributed by atoms with Crippen LogP contribution in [-0.4, -0.2) is 43.7 Å². The summed E-state index contributed by atoms with van der Waals surface area (Å²) in [5, 5.41) is 5.88. The van der Waals surface area contributed by atoms with Crippen LogP contribution in [0.1, 0.15) is 6.92 Å². The van der Waals surface area contributed by atoms with Gasteiger partial charge in [0.05, 0.1) is 0 Å². The van der Waals surface area contributed by atoms with E-state index in [0.717, 1.165) is 19.6 Å². The molecule has 1 aliphatic rings. The molecule has 1 rings (SSSR count). The third kappa shape index (κ3) is 2.87. The van der Waals surface area contributed by atoms with Gasteiger partial charge in [-0.25, -0.2) is 4.79 Å². The van der Waals surface area contributed by atoms with Crippen LogP contribution in [0.4, 0.5) is 4.79 Å². The Morgan fingerprint density at radius 2 is 2.33 bits per heavy atom. The van der Waals surface area contributed by atoms with Crippen molar-refractivity contribution in [2.24, 2.45) is 0 Å². The number of carbonyl (C=O) groups excluding carboxylic acids is 1. The van der Waals surface area contributed by atoms with E-state index in [1.165, 1.54) is 0 Å². The average Bonchev–Trinajstić information content (AvgIpc) is 2.03. The second-order valence-electron chi connectivity index (χ2n) is 2.86. The van der Waals surface area contributed by atoms with Crippen molar-refractivity contribution >= 4 is 18.4 Å². The fourth-order valence-corrected chi connectivity index (χ4v) is 1.27. The smallest absolute Gasteiger partial charge is 0.317 e. The fraction of sp³-hybridized carbons (Fsp3) is 0.857. The third-order valence-corrected chi connectivity index (χ3v) is 1.87. The number of hydrogen-bond donors (Lipinski definition) is 2. The summed E-state index contributed by atoms with van der Waals surface area (Å²) in [6.45, 7) is 4.59. The van der Waals surface area contributed by atoms with Crippen molar-refractivity contribution in [1.82, 2.24) is 15.5 Å². The second kappa shape index (κ2) is 5.22.